The van der Waals surface area contributed by atoms with E-state index in [1.54, 1.807) is 4.90 Å². The van der Waals surface area contributed by atoms with Crippen LogP contribution in [0.1, 0.15) is 26.7 Å². The number of carbonyl (C=O) groups excluding carboxylic acids is 2. The molecule has 2 amide bonds. The fraction of sp³-hybridized carbons (Fsp3) is 0.833. The Labute approximate surface area is 114 Å². The van der Waals surface area contributed by atoms with Gasteiger partial charge in [0.2, 0.25) is 11.8 Å². The van der Waals surface area contributed by atoms with E-state index in [0.717, 1.165) is 12.8 Å². The third-order valence-electron chi connectivity index (χ3n) is 3.56. The summed E-state index contributed by atoms with van der Waals surface area (Å²) in [5, 5.41) is 0. The highest BCUT2D eigenvalue weighted by Crippen LogP contribution is 2.28. The second-order valence-corrected chi connectivity index (χ2v) is 5.35. The van der Waals surface area contributed by atoms with E-state index in [4.69, 9.17) is 5.73 Å². The highest BCUT2D eigenvalue weighted by molar-refractivity contribution is 5.88. The lowest BCUT2D eigenvalue weighted by molar-refractivity contribution is -0.146. The Morgan fingerprint density at radius 3 is 2.39 bits per heavy atom. The zero-order valence-corrected chi connectivity index (χ0v) is 11.8. The molecular weight excluding hydrogens is 254 g/mol. The zero-order chi connectivity index (χ0) is 12.6. The molecule has 0 bridgehead atoms. The molecule has 0 aromatic carbocycles. The molecular formula is C12H22ClN3O2. The number of carbonyl (C=O) groups is 2. The summed E-state index contributed by atoms with van der Waals surface area (Å²) in [5.41, 5.74) is 5.83. The first-order valence-electron chi connectivity index (χ1n) is 6.34. The van der Waals surface area contributed by atoms with Crippen LogP contribution in [0.4, 0.5) is 0 Å². The molecule has 104 valence electrons. The summed E-state index contributed by atoms with van der Waals surface area (Å²) in [6, 6.07) is -0.0474. The Morgan fingerprint density at radius 2 is 1.94 bits per heavy atom. The second kappa shape index (κ2) is 5.89. The summed E-state index contributed by atoms with van der Waals surface area (Å²) in [6.07, 6.45) is 2.23. The first-order chi connectivity index (χ1) is 8.00. The average molecular weight is 276 g/mol. The van der Waals surface area contributed by atoms with Gasteiger partial charge in [-0.25, -0.2) is 0 Å². The predicted molar refractivity (Wildman–Crippen MR) is 71.4 cm³/mol. The Kier molecular flexibility index (Phi) is 4.99. The largest absolute Gasteiger partial charge is 0.336 e. The molecule has 1 saturated carbocycles. The maximum Gasteiger partial charge on any atom is 0.242 e. The monoisotopic (exact) mass is 275 g/mol. The third kappa shape index (κ3) is 3.14. The number of rotatable bonds is 3. The highest BCUT2D eigenvalue weighted by atomic mass is 35.5. The Morgan fingerprint density at radius 1 is 1.33 bits per heavy atom. The minimum Gasteiger partial charge on any atom is -0.336 e. The summed E-state index contributed by atoms with van der Waals surface area (Å²) in [6.45, 7) is 5.34. The van der Waals surface area contributed by atoms with Crippen molar-refractivity contribution in [2.24, 2.45) is 11.7 Å². The van der Waals surface area contributed by atoms with Gasteiger partial charge in [-0.3, -0.25) is 9.59 Å². The summed E-state index contributed by atoms with van der Waals surface area (Å²) in [4.78, 5) is 27.4. The molecule has 1 saturated heterocycles. The van der Waals surface area contributed by atoms with Crippen LogP contribution in [0.25, 0.3) is 0 Å². The van der Waals surface area contributed by atoms with Gasteiger partial charge in [-0.1, -0.05) is 13.8 Å². The van der Waals surface area contributed by atoms with E-state index in [-0.39, 0.29) is 36.7 Å². The number of hydrogen-bond donors (Lipinski definition) is 1. The molecule has 0 aromatic heterocycles. The van der Waals surface area contributed by atoms with Crippen LogP contribution in [0.3, 0.4) is 0 Å². The predicted octanol–water partition coefficient (Wildman–Crippen LogP) is 0.225. The molecule has 18 heavy (non-hydrogen) atoms. The minimum atomic E-state index is -0.490. The van der Waals surface area contributed by atoms with Crippen LogP contribution < -0.4 is 5.73 Å². The number of hydrogen-bond acceptors (Lipinski definition) is 3. The van der Waals surface area contributed by atoms with Crippen LogP contribution >= 0.6 is 12.4 Å². The first kappa shape index (κ1) is 15.2. The van der Waals surface area contributed by atoms with Crippen LogP contribution in [0.15, 0.2) is 0 Å². The number of nitrogens with two attached hydrogens (primary N) is 1. The minimum absolute atomic E-state index is 0. The maximum absolute atomic E-state index is 12.0. The Bertz CT molecular complexity index is 331. The van der Waals surface area contributed by atoms with Crippen LogP contribution in [-0.4, -0.2) is 53.3 Å². The molecule has 1 heterocycles. The van der Waals surface area contributed by atoms with Gasteiger partial charge in [0, 0.05) is 19.1 Å². The van der Waals surface area contributed by atoms with E-state index in [1.807, 2.05) is 18.7 Å². The topological polar surface area (TPSA) is 66.6 Å². The van der Waals surface area contributed by atoms with E-state index in [1.165, 1.54) is 0 Å². The van der Waals surface area contributed by atoms with Crippen molar-refractivity contribution >= 4 is 24.2 Å². The summed E-state index contributed by atoms with van der Waals surface area (Å²) in [7, 11) is 0. The molecule has 0 unspecified atom stereocenters. The normalized spacial score (nSPS) is 21.9. The van der Waals surface area contributed by atoms with Crippen molar-refractivity contribution in [3.05, 3.63) is 0 Å². The number of nitrogens with zero attached hydrogens (tertiary/aromatic N) is 2. The highest BCUT2D eigenvalue weighted by Gasteiger charge is 2.37. The lowest BCUT2D eigenvalue weighted by Crippen LogP contribution is -2.57. The van der Waals surface area contributed by atoms with Gasteiger partial charge in [0.05, 0.1) is 12.6 Å². The second-order valence-electron chi connectivity index (χ2n) is 5.35. The molecule has 2 aliphatic rings. The molecule has 2 N–H and O–H groups in total. The zero-order valence-electron chi connectivity index (χ0n) is 11.0. The van der Waals surface area contributed by atoms with E-state index in [0.29, 0.717) is 19.1 Å². The fourth-order valence-corrected chi connectivity index (χ4v) is 2.14. The van der Waals surface area contributed by atoms with Crippen molar-refractivity contribution in [3.63, 3.8) is 0 Å². The van der Waals surface area contributed by atoms with Crippen LogP contribution in [0, 0.1) is 5.92 Å². The van der Waals surface area contributed by atoms with Gasteiger partial charge in [-0.2, -0.15) is 0 Å². The molecule has 1 aliphatic carbocycles. The SMILES string of the molecule is CC(C)[C@H](N)C(=O)N1CCN(C2CC2)C(=O)C1.Cl. The van der Waals surface area contributed by atoms with E-state index < -0.39 is 6.04 Å². The smallest absolute Gasteiger partial charge is 0.242 e. The van der Waals surface area contributed by atoms with E-state index in [9.17, 15) is 9.59 Å². The molecule has 6 heteroatoms. The van der Waals surface area contributed by atoms with Gasteiger partial charge in [-0.15, -0.1) is 12.4 Å². The van der Waals surface area contributed by atoms with Gasteiger partial charge in [0.1, 0.15) is 0 Å². The molecule has 2 fully saturated rings. The molecule has 5 nitrogen and oxygen atoms in total. The van der Waals surface area contributed by atoms with E-state index >= 15 is 0 Å². The van der Waals surface area contributed by atoms with Crippen molar-refractivity contribution in [1.82, 2.24) is 9.80 Å². The van der Waals surface area contributed by atoms with Gasteiger partial charge in [-0.05, 0) is 18.8 Å². The summed E-state index contributed by atoms with van der Waals surface area (Å²) >= 11 is 0. The van der Waals surface area contributed by atoms with Gasteiger partial charge < -0.3 is 15.5 Å². The van der Waals surface area contributed by atoms with Crippen molar-refractivity contribution in [2.45, 2.75) is 38.8 Å². The van der Waals surface area contributed by atoms with Crippen LogP contribution in [0.2, 0.25) is 0 Å². The standard InChI is InChI=1S/C12H21N3O2.ClH/c1-8(2)11(13)12(17)14-5-6-15(9-3-4-9)10(16)7-14;/h8-9,11H,3-7,13H2,1-2H3;1H/t11-;/m0./s1. The molecule has 0 radical (unpaired) electrons. The lowest BCUT2D eigenvalue weighted by atomic mass is 10.0. The quantitative estimate of drug-likeness (QED) is 0.802. The number of piperazine rings is 1. The lowest BCUT2D eigenvalue weighted by Gasteiger charge is -2.36. The first-order valence-corrected chi connectivity index (χ1v) is 6.34. The molecule has 2 rings (SSSR count). The molecule has 1 atom stereocenters. The maximum atomic E-state index is 12.0. The van der Waals surface area contributed by atoms with Gasteiger partial charge in [0.25, 0.3) is 0 Å². The van der Waals surface area contributed by atoms with Crippen LogP contribution in [0.5, 0.6) is 0 Å². The Hall–Kier alpha value is -0.810. The molecule has 0 aromatic rings. The summed E-state index contributed by atoms with van der Waals surface area (Å²) in [5.74, 6) is 0.0888. The third-order valence-corrected chi connectivity index (χ3v) is 3.56. The van der Waals surface area contributed by atoms with Crippen molar-refractivity contribution in [2.75, 3.05) is 19.6 Å². The fourth-order valence-electron chi connectivity index (χ4n) is 2.14. The molecule has 0 spiro atoms. The number of amides is 2. The van der Waals surface area contributed by atoms with E-state index in [2.05, 4.69) is 0 Å². The van der Waals surface area contributed by atoms with Gasteiger partial charge in [0.15, 0.2) is 0 Å². The van der Waals surface area contributed by atoms with Crippen molar-refractivity contribution < 1.29 is 9.59 Å². The summed E-state index contributed by atoms with van der Waals surface area (Å²) < 4.78 is 0. The number of halogens is 1. The Balaban J connectivity index is 0.00000162. The molecule has 1 aliphatic heterocycles. The van der Waals surface area contributed by atoms with Gasteiger partial charge >= 0.3 is 0 Å². The van der Waals surface area contributed by atoms with Crippen LogP contribution in [-0.2, 0) is 9.59 Å². The van der Waals surface area contributed by atoms with Crippen molar-refractivity contribution in [1.29, 1.82) is 0 Å². The average Bonchev–Trinajstić information content (AvgIpc) is 3.10. The van der Waals surface area contributed by atoms with Crippen molar-refractivity contribution in [3.8, 4) is 0 Å².